The molecule has 0 spiro atoms. The molecule has 178 valence electrons. The van der Waals surface area contributed by atoms with Gasteiger partial charge in [0.2, 0.25) is 16.1 Å². The second kappa shape index (κ2) is 11.4. The average Bonchev–Trinajstić information content (AvgIpc) is 3.49. The van der Waals surface area contributed by atoms with E-state index in [0.717, 1.165) is 25.1 Å². The van der Waals surface area contributed by atoms with Crippen molar-refractivity contribution in [2.45, 2.75) is 42.7 Å². The Morgan fingerprint density at radius 2 is 2.03 bits per heavy atom. The number of nitrogens with zero attached hydrogens (tertiary/aromatic N) is 2. The number of carbonyl (C=O) groups excluding carboxylic acids is 1. The number of aromatic amines is 1. The molecule has 1 aliphatic heterocycles. The molecule has 12 nitrogen and oxygen atoms in total. The Kier molecular flexibility index (Phi) is 8.38. The zero-order valence-corrected chi connectivity index (χ0v) is 18.5. The molecule has 0 saturated heterocycles. The van der Waals surface area contributed by atoms with Crippen LogP contribution in [-0.2, 0) is 24.4 Å². The summed E-state index contributed by atoms with van der Waals surface area (Å²) < 4.78 is 26.8. The van der Waals surface area contributed by atoms with Crippen molar-refractivity contribution >= 4 is 33.6 Å². The molecule has 5 N–H and O–H groups in total. The number of benzene rings is 1. The number of aliphatic carboxylic acids is 1. The van der Waals surface area contributed by atoms with Crippen molar-refractivity contribution in [1.29, 1.82) is 0 Å². The summed E-state index contributed by atoms with van der Waals surface area (Å²) in [5, 5.41) is 18.9. The standard InChI is InChI=1S/C20H26N6O6S/c27-18(17-12-14(25-32-17)6-4-5-9-21-20-22-10-11-23-20)24-13-16(19(28)29)26-33(30,31)15-7-2-1-3-8-15/h1-3,7-8,10-11,16-17,26H,4-6,9,12-13H2,(H,24,27)(H,28,29)(H2,21,22,23). The van der Waals surface area contributed by atoms with Crippen molar-refractivity contribution in [2.24, 2.45) is 5.16 Å². The topological polar surface area (TPSA) is 175 Å². The first kappa shape index (κ1) is 24.2. The van der Waals surface area contributed by atoms with E-state index in [1.807, 2.05) is 0 Å². The number of anilines is 1. The number of carboxylic acids is 1. The number of carbonyl (C=O) groups is 2. The molecular weight excluding hydrogens is 452 g/mol. The Labute approximate surface area is 190 Å². The molecule has 13 heteroatoms. The van der Waals surface area contributed by atoms with E-state index in [1.54, 1.807) is 18.5 Å². The quantitative estimate of drug-likeness (QED) is 0.261. The van der Waals surface area contributed by atoms with E-state index in [1.165, 1.54) is 24.3 Å². The van der Waals surface area contributed by atoms with Gasteiger partial charge in [0.15, 0.2) is 5.95 Å². The number of unbranched alkanes of at least 4 members (excludes halogenated alkanes) is 1. The van der Waals surface area contributed by atoms with Gasteiger partial charge in [-0.3, -0.25) is 9.59 Å². The molecule has 0 fully saturated rings. The largest absolute Gasteiger partial charge is 0.480 e. The summed E-state index contributed by atoms with van der Waals surface area (Å²) in [6, 6.07) is 5.84. The van der Waals surface area contributed by atoms with Gasteiger partial charge in [-0.15, -0.1) is 0 Å². The highest BCUT2D eigenvalue weighted by atomic mass is 32.2. The summed E-state index contributed by atoms with van der Waals surface area (Å²) in [5.41, 5.74) is 0.743. The molecule has 0 saturated carbocycles. The van der Waals surface area contributed by atoms with E-state index >= 15 is 0 Å². The molecule has 0 radical (unpaired) electrons. The Hall–Kier alpha value is -3.45. The number of nitrogens with one attached hydrogen (secondary N) is 4. The predicted molar refractivity (Wildman–Crippen MR) is 119 cm³/mol. The third-order valence-electron chi connectivity index (χ3n) is 4.83. The molecule has 1 aromatic heterocycles. The van der Waals surface area contributed by atoms with Crippen LogP contribution < -0.4 is 15.4 Å². The van der Waals surface area contributed by atoms with Gasteiger partial charge in [-0.25, -0.2) is 13.4 Å². The number of oxime groups is 1. The minimum atomic E-state index is -4.06. The van der Waals surface area contributed by atoms with Crippen molar-refractivity contribution < 1.29 is 28.0 Å². The lowest BCUT2D eigenvalue weighted by Gasteiger charge is -2.16. The zero-order valence-electron chi connectivity index (χ0n) is 17.7. The fraction of sp³-hybridized carbons (Fsp3) is 0.400. The van der Waals surface area contributed by atoms with Crippen LogP contribution in [0.15, 0.2) is 52.8 Å². The SMILES string of the molecule is O=C(O)C(CNC(=O)C1CC(CCCCNc2ncc[nH]2)=NO1)NS(=O)(=O)c1ccccc1. The molecule has 1 amide bonds. The fourth-order valence-corrected chi connectivity index (χ4v) is 4.30. The summed E-state index contributed by atoms with van der Waals surface area (Å²) >= 11 is 0. The molecule has 2 heterocycles. The van der Waals surface area contributed by atoms with Crippen LogP contribution >= 0.6 is 0 Å². The predicted octanol–water partition coefficient (Wildman–Crippen LogP) is 0.685. The van der Waals surface area contributed by atoms with E-state index in [9.17, 15) is 23.1 Å². The van der Waals surface area contributed by atoms with Crippen molar-refractivity contribution in [3.05, 3.63) is 42.7 Å². The van der Waals surface area contributed by atoms with Crippen LogP contribution in [0.5, 0.6) is 0 Å². The third-order valence-corrected chi connectivity index (χ3v) is 6.32. The van der Waals surface area contributed by atoms with Crippen molar-refractivity contribution in [2.75, 3.05) is 18.4 Å². The molecule has 33 heavy (non-hydrogen) atoms. The lowest BCUT2D eigenvalue weighted by Crippen LogP contribution is -2.49. The van der Waals surface area contributed by atoms with Crippen LogP contribution in [0.2, 0.25) is 0 Å². The maximum absolute atomic E-state index is 12.4. The highest BCUT2D eigenvalue weighted by molar-refractivity contribution is 7.89. The van der Waals surface area contributed by atoms with Gasteiger partial charge in [-0.1, -0.05) is 23.4 Å². The molecule has 1 aromatic carbocycles. The van der Waals surface area contributed by atoms with Gasteiger partial charge in [0.25, 0.3) is 5.91 Å². The smallest absolute Gasteiger partial charge is 0.323 e. The molecule has 0 aliphatic carbocycles. The second-order valence-corrected chi connectivity index (χ2v) is 9.06. The first-order valence-corrected chi connectivity index (χ1v) is 11.9. The van der Waals surface area contributed by atoms with Crippen LogP contribution in [0, 0.1) is 0 Å². The van der Waals surface area contributed by atoms with Crippen molar-refractivity contribution in [3.8, 4) is 0 Å². The van der Waals surface area contributed by atoms with Crippen LogP contribution in [0.4, 0.5) is 5.95 Å². The van der Waals surface area contributed by atoms with Crippen LogP contribution in [-0.4, -0.2) is 66.3 Å². The van der Waals surface area contributed by atoms with Gasteiger partial charge in [0.05, 0.1) is 10.6 Å². The maximum atomic E-state index is 12.4. The average molecular weight is 479 g/mol. The Morgan fingerprint density at radius 3 is 2.73 bits per heavy atom. The van der Waals surface area contributed by atoms with Crippen LogP contribution in [0.25, 0.3) is 0 Å². The Morgan fingerprint density at radius 1 is 1.24 bits per heavy atom. The van der Waals surface area contributed by atoms with E-state index in [-0.39, 0.29) is 4.90 Å². The third kappa shape index (κ3) is 7.29. The van der Waals surface area contributed by atoms with Crippen LogP contribution in [0.3, 0.4) is 0 Å². The van der Waals surface area contributed by atoms with E-state index < -0.39 is 40.6 Å². The van der Waals surface area contributed by atoms with Gasteiger partial charge >= 0.3 is 5.97 Å². The molecule has 2 atom stereocenters. The molecular formula is C20H26N6O6S. The monoisotopic (exact) mass is 478 g/mol. The summed E-state index contributed by atoms with van der Waals surface area (Å²) in [5.74, 6) is -1.26. The Balaban J connectivity index is 1.39. The number of sulfonamides is 1. The van der Waals surface area contributed by atoms with E-state index in [2.05, 4.69) is 30.5 Å². The molecule has 3 rings (SSSR count). The van der Waals surface area contributed by atoms with Gasteiger partial charge in [-0.05, 0) is 31.4 Å². The number of carboxylic acid groups (broad SMARTS) is 1. The molecule has 2 unspecified atom stereocenters. The first-order valence-electron chi connectivity index (χ1n) is 10.4. The van der Waals surface area contributed by atoms with Crippen LogP contribution in [0.1, 0.15) is 25.7 Å². The summed E-state index contributed by atoms with van der Waals surface area (Å²) in [7, 11) is -4.06. The van der Waals surface area contributed by atoms with Gasteiger partial charge in [0.1, 0.15) is 6.04 Å². The highest BCUT2D eigenvalue weighted by Crippen LogP contribution is 2.15. The lowest BCUT2D eigenvalue weighted by atomic mass is 10.1. The minimum absolute atomic E-state index is 0.0703. The number of rotatable bonds is 13. The number of amides is 1. The van der Waals surface area contributed by atoms with Gasteiger partial charge in [-0.2, -0.15) is 4.72 Å². The van der Waals surface area contributed by atoms with E-state index in [4.69, 9.17) is 4.84 Å². The first-order chi connectivity index (χ1) is 15.8. The zero-order chi connectivity index (χ0) is 23.7. The molecule has 1 aliphatic rings. The molecule has 0 bridgehead atoms. The summed E-state index contributed by atoms with van der Waals surface area (Å²) in [4.78, 5) is 36.0. The minimum Gasteiger partial charge on any atom is -0.480 e. The number of hydrogen-bond donors (Lipinski definition) is 5. The van der Waals surface area contributed by atoms with Crippen molar-refractivity contribution in [1.82, 2.24) is 20.0 Å². The summed E-state index contributed by atoms with van der Waals surface area (Å²) in [6.07, 6.45) is 5.19. The van der Waals surface area contributed by atoms with Gasteiger partial charge < -0.3 is 25.6 Å². The fourth-order valence-electron chi connectivity index (χ4n) is 3.09. The molecule has 2 aromatic rings. The Bertz CT molecular complexity index is 1060. The normalized spacial score (nSPS) is 16.5. The maximum Gasteiger partial charge on any atom is 0.323 e. The number of imidazole rings is 1. The van der Waals surface area contributed by atoms with Crippen molar-refractivity contribution in [3.63, 3.8) is 0 Å². The number of hydrogen-bond acceptors (Lipinski definition) is 8. The number of H-pyrrole nitrogens is 1. The number of aromatic nitrogens is 2. The summed E-state index contributed by atoms with van der Waals surface area (Å²) in [6.45, 7) is 0.300. The second-order valence-electron chi connectivity index (χ2n) is 7.35. The lowest BCUT2D eigenvalue weighted by molar-refractivity contribution is -0.139. The highest BCUT2D eigenvalue weighted by Gasteiger charge is 2.30. The van der Waals surface area contributed by atoms with E-state index in [0.29, 0.717) is 18.8 Å². The van der Waals surface area contributed by atoms with Gasteiger partial charge in [0, 0.05) is 31.9 Å².